The largest absolute Gasteiger partial charge is 0.330 e. The Morgan fingerprint density at radius 1 is 1.42 bits per heavy atom. The normalized spacial score (nSPS) is 10.2. The number of halogens is 1. The second-order valence-electron chi connectivity index (χ2n) is 2.82. The van der Waals surface area contributed by atoms with Gasteiger partial charge in [0.25, 0.3) is 0 Å². The van der Waals surface area contributed by atoms with Crippen LogP contribution in [0.4, 0.5) is 4.39 Å². The van der Waals surface area contributed by atoms with Crippen LogP contribution < -0.4 is 5.73 Å². The van der Waals surface area contributed by atoms with E-state index in [1.165, 1.54) is 0 Å². The summed E-state index contributed by atoms with van der Waals surface area (Å²) < 4.78 is 13.2. The Kier molecular flexibility index (Phi) is 3.23. The summed E-state index contributed by atoms with van der Waals surface area (Å²) in [6.45, 7) is 2.51. The molecule has 0 fully saturated rings. The molecule has 1 aromatic rings. The van der Waals surface area contributed by atoms with Crippen LogP contribution in [0.5, 0.6) is 0 Å². The molecule has 2 heteroatoms. The van der Waals surface area contributed by atoms with E-state index in [1.54, 1.807) is 6.07 Å². The van der Waals surface area contributed by atoms with Gasteiger partial charge in [-0.3, -0.25) is 0 Å². The zero-order chi connectivity index (χ0) is 8.97. The molecule has 0 unspecified atom stereocenters. The van der Waals surface area contributed by atoms with E-state index in [9.17, 15) is 4.39 Å². The molecule has 0 aliphatic heterocycles. The summed E-state index contributed by atoms with van der Waals surface area (Å²) in [5, 5.41) is 0. The summed E-state index contributed by atoms with van der Waals surface area (Å²) in [6.07, 6.45) is 1.50. The Bertz CT molecular complexity index is 258. The first-order valence-corrected chi connectivity index (χ1v) is 4.25. The van der Waals surface area contributed by atoms with E-state index in [2.05, 4.69) is 0 Å². The van der Waals surface area contributed by atoms with Crippen LogP contribution in [0.15, 0.2) is 18.2 Å². The Labute approximate surface area is 72.4 Å². The summed E-state index contributed by atoms with van der Waals surface area (Å²) in [5.41, 5.74) is 7.09. The zero-order valence-corrected chi connectivity index (χ0v) is 7.31. The van der Waals surface area contributed by atoms with Gasteiger partial charge in [0.2, 0.25) is 0 Å². The van der Waals surface area contributed by atoms with Gasteiger partial charge in [-0.2, -0.15) is 0 Å². The van der Waals surface area contributed by atoms with Gasteiger partial charge in [-0.25, -0.2) is 4.39 Å². The van der Waals surface area contributed by atoms with Crippen LogP contribution in [-0.2, 0) is 12.8 Å². The fourth-order valence-electron chi connectivity index (χ4n) is 1.17. The minimum atomic E-state index is -0.125. The lowest BCUT2D eigenvalue weighted by Crippen LogP contribution is -2.04. The summed E-state index contributed by atoms with van der Waals surface area (Å²) in [5.74, 6) is -0.125. The lowest BCUT2D eigenvalue weighted by Gasteiger charge is -2.02. The molecule has 2 N–H and O–H groups in total. The molecule has 0 radical (unpaired) electrons. The zero-order valence-electron chi connectivity index (χ0n) is 7.31. The SMILES string of the molecule is CCc1ccc(CCN)c(F)c1. The van der Waals surface area contributed by atoms with Gasteiger partial charge in [-0.15, -0.1) is 0 Å². The second kappa shape index (κ2) is 4.21. The van der Waals surface area contributed by atoms with Crippen LogP contribution in [0.3, 0.4) is 0 Å². The molecule has 66 valence electrons. The fourth-order valence-corrected chi connectivity index (χ4v) is 1.17. The number of hydrogen-bond donors (Lipinski definition) is 1. The van der Waals surface area contributed by atoms with Crippen LogP contribution in [0.2, 0.25) is 0 Å². The maximum Gasteiger partial charge on any atom is 0.126 e. The molecular formula is C10H14FN. The quantitative estimate of drug-likeness (QED) is 0.731. The average Bonchev–Trinajstić information content (AvgIpc) is 2.09. The third-order valence-electron chi connectivity index (χ3n) is 1.94. The molecule has 12 heavy (non-hydrogen) atoms. The predicted octanol–water partition coefficient (Wildman–Crippen LogP) is 1.89. The fraction of sp³-hybridized carbons (Fsp3) is 0.400. The van der Waals surface area contributed by atoms with E-state index < -0.39 is 0 Å². The Balaban J connectivity index is 2.87. The first-order chi connectivity index (χ1) is 5.77. The van der Waals surface area contributed by atoms with Crippen molar-refractivity contribution in [2.75, 3.05) is 6.54 Å². The number of benzene rings is 1. The van der Waals surface area contributed by atoms with Crippen molar-refractivity contribution in [3.8, 4) is 0 Å². The van der Waals surface area contributed by atoms with Crippen molar-refractivity contribution in [2.24, 2.45) is 5.73 Å². The van der Waals surface area contributed by atoms with Crippen molar-refractivity contribution >= 4 is 0 Å². The van der Waals surface area contributed by atoms with Gasteiger partial charge in [-0.05, 0) is 36.6 Å². The van der Waals surface area contributed by atoms with Gasteiger partial charge in [0.05, 0.1) is 0 Å². The highest BCUT2D eigenvalue weighted by Crippen LogP contribution is 2.10. The topological polar surface area (TPSA) is 26.0 Å². The summed E-state index contributed by atoms with van der Waals surface area (Å²) in [6, 6.07) is 5.36. The van der Waals surface area contributed by atoms with Gasteiger partial charge >= 0.3 is 0 Å². The minimum Gasteiger partial charge on any atom is -0.330 e. The highest BCUT2D eigenvalue weighted by atomic mass is 19.1. The van der Waals surface area contributed by atoms with E-state index in [-0.39, 0.29) is 5.82 Å². The van der Waals surface area contributed by atoms with Crippen LogP contribution in [-0.4, -0.2) is 6.54 Å². The van der Waals surface area contributed by atoms with Crippen molar-refractivity contribution in [1.82, 2.24) is 0 Å². The van der Waals surface area contributed by atoms with Gasteiger partial charge in [-0.1, -0.05) is 19.1 Å². The molecule has 1 nitrogen and oxygen atoms in total. The van der Waals surface area contributed by atoms with Crippen LogP contribution >= 0.6 is 0 Å². The van der Waals surface area contributed by atoms with Crippen molar-refractivity contribution in [3.63, 3.8) is 0 Å². The summed E-state index contributed by atoms with van der Waals surface area (Å²) >= 11 is 0. The molecule has 0 saturated carbocycles. The molecule has 0 atom stereocenters. The standard InChI is InChI=1S/C10H14FN/c1-2-8-3-4-9(5-6-12)10(11)7-8/h3-4,7H,2,5-6,12H2,1H3. The molecule has 0 aliphatic rings. The van der Waals surface area contributed by atoms with Crippen molar-refractivity contribution in [3.05, 3.63) is 35.1 Å². The maximum absolute atomic E-state index is 13.2. The Morgan fingerprint density at radius 2 is 2.17 bits per heavy atom. The van der Waals surface area contributed by atoms with Gasteiger partial charge in [0, 0.05) is 0 Å². The van der Waals surface area contributed by atoms with Crippen molar-refractivity contribution in [2.45, 2.75) is 19.8 Å². The molecule has 0 spiro atoms. The Morgan fingerprint density at radius 3 is 2.67 bits per heavy atom. The monoisotopic (exact) mass is 167 g/mol. The maximum atomic E-state index is 13.2. The molecule has 0 bridgehead atoms. The molecule has 1 aromatic carbocycles. The number of rotatable bonds is 3. The molecule has 1 rings (SSSR count). The predicted molar refractivity (Wildman–Crippen MR) is 48.5 cm³/mol. The molecule has 0 aromatic heterocycles. The lowest BCUT2D eigenvalue weighted by atomic mass is 10.1. The molecule has 0 heterocycles. The van der Waals surface area contributed by atoms with E-state index in [4.69, 9.17) is 5.73 Å². The number of nitrogens with two attached hydrogens (primary N) is 1. The van der Waals surface area contributed by atoms with Gasteiger partial charge < -0.3 is 5.73 Å². The lowest BCUT2D eigenvalue weighted by molar-refractivity contribution is 0.607. The average molecular weight is 167 g/mol. The van der Waals surface area contributed by atoms with Crippen molar-refractivity contribution < 1.29 is 4.39 Å². The van der Waals surface area contributed by atoms with E-state index in [0.717, 1.165) is 17.5 Å². The number of hydrogen-bond acceptors (Lipinski definition) is 1. The van der Waals surface area contributed by atoms with Gasteiger partial charge in [0.1, 0.15) is 5.82 Å². The van der Waals surface area contributed by atoms with E-state index >= 15 is 0 Å². The second-order valence-corrected chi connectivity index (χ2v) is 2.82. The highest BCUT2D eigenvalue weighted by Gasteiger charge is 2.00. The highest BCUT2D eigenvalue weighted by molar-refractivity contribution is 5.24. The smallest absolute Gasteiger partial charge is 0.126 e. The van der Waals surface area contributed by atoms with Crippen LogP contribution in [0.1, 0.15) is 18.1 Å². The van der Waals surface area contributed by atoms with Crippen LogP contribution in [0.25, 0.3) is 0 Å². The first-order valence-electron chi connectivity index (χ1n) is 4.25. The first kappa shape index (κ1) is 9.20. The molecular weight excluding hydrogens is 153 g/mol. The Hall–Kier alpha value is -0.890. The molecule has 0 saturated heterocycles. The van der Waals surface area contributed by atoms with Crippen molar-refractivity contribution in [1.29, 1.82) is 0 Å². The van der Waals surface area contributed by atoms with E-state index in [1.807, 2.05) is 19.1 Å². The van der Waals surface area contributed by atoms with Crippen LogP contribution in [0, 0.1) is 5.82 Å². The minimum absolute atomic E-state index is 0.125. The molecule has 0 aliphatic carbocycles. The third kappa shape index (κ3) is 2.05. The van der Waals surface area contributed by atoms with Gasteiger partial charge in [0.15, 0.2) is 0 Å². The summed E-state index contributed by atoms with van der Waals surface area (Å²) in [7, 11) is 0. The third-order valence-corrected chi connectivity index (χ3v) is 1.94. The summed E-state index contributed by atoms with van der Waals surface area (Å²) in [4.78, 5) is 0. The van der Waals surface area contributed by atoms with E-state index in [0.29, 0.717) is 13.0 Å². The molecule has 0 amide bonds. The number of aryl methyl sites for hydroxylation is 1.